The number of thioether (sulfide) groups is 1. The van der Waals surface area contributed by atoms with Crippen molar-refractivity contribution in [3.05, 3.63) is 4.88 Å². The van der Waals surface area contributed by atoms with Crippen molar-refractivity contribution in [2.45, 2.75) is 4.90 Å². The van der Waals surface area contributed by atoms with Crippen LogP contribution < -0.4 is 21.7 Å². The molecule has 0 unspecified atom stereocenters. The molecule has 1 aliphatic rings. The van der Waals surface area contributed by atoms with Gasteiger partial charge in [-0.1, -0.05) is 0 Å². The Bertz CT molecular complexity index is 426. The number of carbonyl (C=O) groups is 1. The highest BCUT2D eigenvalue weighted by atomic mass is 32.2. The largest absolute Gasteiger partial charge is 0.396 e. The van der Waals surface area contributed by atoms with E-state index in [1.54, 1.807) is 11.8 Å². The lowest BCUT2D eigenvalue weighted by molar-refractivity contribution is 0.100. The third-order valence-corrected chi connectivity index (χ3v) is 4.95. The molecule has 0 aromatic carbocycles. The van der Waals surface area contributed by atoms with Gasteiger partial charge in [0.25, 0.3) is 5.91 Å². The van der Waals surface area contributed by atoms with E-state index < -0.39 is 5.91 Å². The summed E-state index contributed by atoms with van der Waals surface area (Å²) < 4.78 is 0. The molecule has 2 heterocycles. The van der Waals surface area contributed by atoms with Crippen LogP contribution in [0.15, 0.2) is 4.90 Å². The van der Waals surface area contributed by atoms with Gasteiger partial charge in [0, 0.05) is 26.2 Å². The van der Waals surface area contributed by atoms with Crippen molar-refractivity contribution in [2.75, 3.05) is 43.1 Å². The van der Waals surface area contributed by atoms with Crippen molar-refractivity contribution >= 4 is 39.7 Å². The average Bonchev–Trinajstić information content (AvgIpc) is 2.67. The van der Waals surface area contributed by atoms with Crippen LogP contribution in [-0.4, -0.2) is 38.3 Å². The van der Waals surface area contributed by atoms with Gasteiger partial charge in [0.1, 0.15) is 9.88 Å². The molecule has 1 aliphatic heterocycles. The summed E-state index contributed by atoms with van der Waals surface area (Å²) in [5.74, 6) is -0.441. The zero-order chi connectivity index (χ0) is 12.4. The number of anilines is 2. The quantitative estimate of drug-likeness (QED) is 0.700. The Hall–Kier alpha value is -0.920. The summed E-state index contributed by atoms with van der Waals surface area (Å²) in [6, 6.07) is 0. The van der Waals surface area contributed by atoms with Gasteiger partial charge in [0.2, 0.25) is 0 Å². The van der Waals surface area contributed by atoms with Crippen LogP contribution >= 0.6 is 23.1 Å². The van der Waals surface area contributed by atoms with E-state index in [0.717, 1.165) is 36.1 Å². The smallest absolute Gasteiger partial charge is 0.261 e. The molecular formula is C10H16N4OS2. The molecule has 0 aliphatic carbocycles. The fourth-order valence-corrected chi connectivity index (χ4v) is 3.96. The van der Waals surface area contributed by atoms with Crippen molar-refractivity contribution in [2.24, 2.45) is 5.73 Å². The van der Waals surface area contributed by atoms with E-state index >= 15 is 0 Å². The van der Waals surface area contributed by atoms with Crippen LogP contribution in [-0.2, 0) is 0 Å². The van der Waals surface area contributed by atoms with Gasteiger partial charge in [0.15, 0.2) is 0 Å². The fraction of sp³-hybridized carbons (Fsp3) is 0.500. The first kappa shape index (κ1) is 12.5. The lowest BCUT2D eigenvalue weighted by Gasteiger charge is -2.28. The Morgan fingerprint density at radius 2 is 2.12 bits per heavy atom. The maximum Gasteiger partial charge on any atom is 0.261 e. The predicted molar refractivity (Wildman–Crippen MR) is 74.1 cm³/mol. The molecule has 0 spiro atoms. The summed E-state index contributed by atoms with van der Waals surface area (Å²) in [6.45, 7) is 3.78. The molecule has 17 heavy (non-hydrogen) atoms. The summed E-state index contributed by atoms with van der Waals surface area (Å²) in [5, 5.41) is 4.37. The molecule has 0 atom stereocenters. The molecule has 5 nitrogen and oxygen atoms in total. The van der Waals surface area contributed by atoms with Crippen molar-refractivity contribution < 1.29 is 4.79 Å². The van der Waals surface area contributed by atoms with E-state index in [0.29, 0.717) is 10.6 Å². The van der Waals surface area contributed by atoms with E-state index in [-0.39, 0.29) is 0 Å². The summed E-state index contributed by atoms with van der Waals surface area (Å²) in [4.78, 5) is 15.0. The molecule has 1 aromatic rings. The second-order valence-corrected chi connectivity index (χ2v) is 5.60. The molecule has 7 heteroatoms. The number of nitrogens with zero attached hydrogens (tertiary/aromatic N) is 1. The zero-order valence-electron chi connectivity index (χ0n) is 9.66. The van der Waals surface area contributed by atoms with Gasteiger partial charge in [-0.3, -0.25) is 4.79 Å². The van der Waals surface area contributed by atoms with Gasteiger partial charge >= 0.3 is 0 Å². The number of rotatable bonds is 3. The summed E-state index contributed by atoms with van der Waals surface area (Å²) in [5.41, 5.74) is 11.8. The number of hydrogen-bond acceptors (Lipinski definition) is 6. The highest BCUT2D eigenvalue weighted by molar-refractivity contribution is 7.99. The van der Waals surface area contributed by atoms with Crippen LogP contribution in [0.3, 0.4) is 0 Å². The molecule has 0 radical (unpaired) electrons. The Balaban J connectivity index is 2.38. The Kier molecular flexibility index (Phi) is 3.80. The maximum absolute atomic E-state index is 11.3. The zero-order valence-corrected chi connectivity index (χ0v) is 11.3. The number of nitrogens with two attached hydrogens (primary N) is 2. The molecule has 2 rings (SSSR count). The molecule has 1 saturated heterocycles. The molecule has 0 bridgehead atoms. The maximum atomic E-state index is 11.3. The number of piperazine rings is 1. The molecule has 1 aromatic heterocycles. The van der Waals surface area contributed by atoms with Crippen LogP contribution in [0.1, 0.15) is 9.67 Å². The summed E-state index contributed by atoms with van der Waals surface area (Å²) in [7, 11) is 0. The Morgan fingerprint density at radius 1 is 1.47 bits per heavy atom. The van der Waals surface area contributed by atoms with Gasteiger partial charge in [-0.2, -0.15) is 0 Å². The third-order valence-electron chi connectivity index (χ3n) is 2.71. The first-order chi connectivity index (χ1) is 8.15. The van der Waals surface area contributed by atoms with Crippen molar-refractivity contribution in [1.29, 1.82) is 0 Å². The number of primary amides is 1. The van der Waals surface area contributed by atoms with E-state index in [9.17, 15) is 4.79 Å². The minimum Gasteiger partial charge on any atom is -0.396 e. The molecule has 94 valence electrons. The third kappa shape index (κ3) is 2.36. The van der Waals surface area contributed by atoms with Gasteiger partial charge in [0.05, 0.1) is 10.6 Å². The monoisotopic (exact) mass is 272 g/mol. The SMILES string of the molecule is CSc1c(N2CCNCC2)sc(C(N)=O)c1N. The fourth-order valence-electron chi connectivity index (χ4n) is 1.87. The minimum absolute atomic E-state index is 0.441. The number of nitrogens with one attached hydrogen (secondary N) is 1. The van der Waals surface area contributed by atoms with Crippen LogP contribution in [0, 0.1) is 0 Å². The number of hydrogen-bond donors (Lipinski definition) is 3. The molecule has 5 N–H and O–H groups in total. The van der Waals surface area contributed by atoms with Gasteiger partial charge in [-0.15, -0.1) is 23.1 Å². The van der Waals surface area contributed by atoms with Crippen molar-refractivity contribution in [3.8, 4) is 0 Å². The Morgan fingerprint density at radius 3 is 2.65 bits per heavy atom. The Labute approximate surface area is 109 Å². The predicted octanol–water partition coefficient (Wildman–Crippen LogP) is 0.561. The average molecular weight is 272 g/mol. The van der Waals surface area contributed by atoms with Crippen molar-refractivity contribution in [1.82, 2.24) is 5.32 Å². The van der Waals surface area contributed by atoms with Gasteiger partial charge < -0.3 is 21.7 Å². The molecular weight excluding hydrogens is 256 g/mol. The van der Waals surface area contributed by atoms with Crippen LogP contribution in [0.5, 0.6) is 0 Å². The van der Waals surface area contributed by atoms with Crippen LogP contribution in [0.25, 0.3) is 0 Å². The number of carbonyl (C=O) groups excluding carboxylic acids is 1. The lowest BCUT2D eigenvalue weighted by atomic mass is 10.3. The molecule has 1 amide bonds. The van der Waals surface area contributed by atoms with E-state index in [1.165, 1.54) is 11.3 Å². The lowest BCUT2D eigenvalue weighted by Crippen LogP contribution is -2.43. The number of thiophene rings is 1. The number of amides is 1. The summed E-state index contributed by atoms with van der Waals surface area (Å²) >= 11 is 2.97. The van der Waals surface area contributed by atoms with Gasteiger partial charge in [-0.05, 0) is 6.26 Å². The van der Waals surface area contributed by atoms with Crippen LogP contribution in [0.2, 0.25) is 0 Å². The second kappa shape index (κ2) is 5.16. The highest BCUT2D eigenvalue weighted by Gasteiger charge is 2.23. The number of nitrogen functional groups attached to an aromatic ring is 1. The first-order valence-electron chi connectivity index (χ1n) is 5.37. The molecule has 1 fully saturated rings. The van der Waals surface area contributed by atoms with E-state index in [2.05, 4.69) is 10.2 Å². The highest BCUT2D eigenvalue weighted by Crippen LogP contribution is 2.43. The normalized spacial score (nSPS) is 16.2. The second-order valence-electron chi connectivity index (χ2n) is 3.78. The van der Waals surface area contributed by atoms with Crippen molar-refractivity contribution in [3.63, 3.8) is 0 Å². The van der Waals surface area contributed by atoms with Crippen LogP contribution in [0.4, 0.5) is 10.7 Å². The topological polar surface area (TPSA) is 84.4 Å². The summed E-state index contributed by atoms with van der Waals surface area (Å²) in [6.07, 6.45) is 1.97. The molecule has 0 saturated carbocycles. The van der Waals surface area contributed by atoms with E-state index in [4.69, 9.17) is 11.5 Å². The van der Waals surface area contributed by atoms with Gasteiger partial charge in [-0.25, -0.2) is 0 Å². The minimum atomic E-state index is -0.441. The van der Waals surface area contributed by atoms with E-state index in [1.807, 2.05) is 6.26 Å². The standard InChI is InChI=1S/C10H16N4OS2/c1-16-8-6(11)7(9(12)15)17-10(8)14-4-2-13-3-5-14/h13H,2-5,11H2,1H3,(H2,12,15). The first-order valence-corrected chi connectivity index (χ1v) is 7.41.